The third-order valence-corrected chi connectivity index (χ3v) is 2.49. The van der Waals surface area contributed by atoms with Crippen molar-refractivity contribution < 1.29 is 4.92 Å². The van der Waals surface area contributed by atoms with Crippen molar-refractivity contribution in [3.63, 3.8) is 0 Å². The Hall–Kier alpha value is -2.51. The average molecular weight is 248 g/mol. The van der Waals surface area contributed by atoms with Gasteiger partial charge in [0.2, 0.25) is 5.95 Å². The maximum absolute atomic E-state index is 11.1. The number of nitrogen functional groups attached to an aromatic ring is 1. The molecule has 0 aliphatic carbocycles. The molecule has 2 aromatic heterocycles. The number of aryl methyl sites for hydroxylation is 2. The summed E-state index contributed by atoms with van der Waals surface area (Å²) in [5.74, 6) is 0.0114. The van der Waals surface area contributed by atoms with Crippen LogP contribution in [0.5, 0.6) is 0 Å². The van der Waals surface area contributed by atoms with E-state index in [2.05, 4.69) is 15.1 Å². The van der Waals surface area contributed by atoms with Gasteiger partial charge in [-0.3, -0.25) is 14.8 Å². The normalized spacial score (nSPS) is 10.6. The van der Waals surface area contributed by atoms with Crippen LogP contribution in [0.25, 0.3) is 11.3 Å². The van der Waals surface area contributed by atoms with Crippen molar-refractivity contribution >= 4 is 11.6 Å². The van der Waals surface area contributed by atoms with E-state index in [1.165, 1.54) is 13.1 Å². The third-order valence-electron chi connectivity index (χ3n) is 2.49. The number of aromatic nitrogens is 4. The van der Waals surface area contributed by atoms with Gasteiger partial charge in [0.15, 0.2) is 5.69 Å². The second kappa shape index (κ2) is 4.40. The monoisotopic (exact) mass is 248 g/mol. The smallest absolute Gasteiger partial charge is 0.316 e. The van der Waals surface area contributed by atoms with Crippen molar-refractivity contribution in [3.8, 4) is 11.3 Å². The van der Waals surface area contributed by atoms with E-state index in [0.29, 0.717) is 12.1 Å². The van der Waals surface area contributed by atoms with E-state index in [1.54, 1.807) is 10.9 Å². The molecule has 2 rings (SSSR count). The van der Waals surface area contributed by atoms with Gasteiger partial charge in [0, 0.05) is 18.3 Å². The van der Waals surface area contributed by atoms with Gasteiger partial charge < -0.3 is 5.73 Å². The van der Waals surface area contributed by atoms with E-state index < -0.39 is 4.92 Å². The average Bonchev–Trinajstić information content (AvgIpc) is 2.75. The van der Waals surface area contributed by atoms with Crippen molar-refractivity contribution in [2.24, 2.45) is 0 Å². The minimum absolute atomic E-state index is 0.0114. The number of nitrogens with two attached hydrogens (primary N) is 1. The first-order chi connectivity index (χ1) is 8.52. The molecular formula is C10H12N6O2. The molecule has 0 saturated heterocycles. The Morgan fingerprint density at radius 2 is 2.22 bits per heavy atom. The standard InChI is InChI=1S/C10H12N6O2/c1-3-15-5-7(4-12-15)8-9(16(17)18)6(2)13-10(11)14-8/h4-5H,3H2,1-2H3,(H2,11,13,14). The fourth-order valence-corrected chi connectivity index (χ4v) is 1.67. The minimum atomic E-state index is -0.507. The minimum Gasteiger partial charge on any atom is -0.368 e. The molecule has 0 fully saturated rings. The van der Waals surface area contributed by atoms with Crippen molar-refractivity contribution in [1.82, 2.24) is 19.7 Å². The summed E-state index contributed by atoms with van der Waals surface area (Å²) in [6.45, 7) is 4.13. The van der Waals surface area contributed by atoms with Crippen LogP contribution < -0.4 is 5.73 Å². The third kappa shape index (κ3) is 1.99. The summed E-state index contributed by atoms with van der Waals surface area (Å²) in [6, 6.07) is 0. The highest BCUT2D eigenvalue weighted by atomic mass is 16.6. The molecule has 0 aliphatic heterocycles. The van der Waals surface area contributed by atoms with Gasteiger partial charge in [0.05, 0.1) is 11.1 Å². The highest BCUT2D eigenvalue weighted by molar-refractivity contribution is 5.70. The Morgan fingerprint density at radius 1 is 1.50 bits per heavy atom. The molecule has 0 aliphatic rings. The van der Waals surface area contributed by atoms with E-state index in [0.717, 1.165) is 0 Å². The summed E-state index contributed by atoms with van der Waals surface area (Å²) in [5.41, 5.74) is 6.39. The predicted octanol–water partition coefficient (Wildman–Crippen LogP) is 1.16. The first-order valence-corrected chi connectivity index (χ1v) is 5.34. The molecule has 2 aromatic rings. The molecule has 8 heteroatoms. The summed E-state index contributed by atoms with van der Waals surface area (Å²) in [6.07, 6.45) is 3.21. The number of rotatable bonds is 3. The number of hydrogen-bond acceptors (Lipinski definition) is 6. The Morgan fingerprint density at radius 3 is 2.78 bits per heavy atom. The van der Waals surface area contributed by atoms with Crippen LogP contribution in [0.2, 0.25) is 0 Å². The lowest BCUT2D eigenvalue weighted by Crippen LogP contribution is -2.04. The summed E-state index contributed by atoms with van der Waals surface area (Å²) in [7, 11) is 0. The highest BCUT2D eigenvalue weighted by Crippen LogP contribution is 2.30. The molecule has 0 unspecified atom stereocenters. The largest absolute Gasteiger partial charge is 0.368 e. The van der Waals surface area contributed by atoms with Gasteiger partial charge in [-0.2, -0.15) is 5.10 Å². The predicted molar refractivity (Wildman–Crippen MR) is 64.7 cm³/mol. The quantitative estimate of drug-likeness (QED) is 0.644. The van der Waals surface area contributed by atoms with Crippen LogP contribution in [-0.4, -0.2) is 24.7 Å². The van der Waals surface area contributed by atoms with Crippen molar-refractivity contribution in [2.45, 2.75) is 20.4 Å². The molecule has 0 aromatic carbocycles. The van der Waals surface area contributed by atoms with Gasteiger partial charge in [0.1, 0.15) is 5.69 Å². The van der Waals surface area contributed by atoms with Crippen molar-refractivity contribution in [1.29, 1.82) is 0 Å². The van der Waals surface area contributed by atoms with Crippen LogP contribution in [0.15, 0.2) is 12.4 Å². The van der Waals surface area contributed by atoms with Crippen LogP contribution in [-0.2, 0) is 6.54 Å². The SMILES string of the molecule is CCn1cc(-c2nc(N)nc(C)c2[N+](=O)[O-])cn1. The zero-order valence-electron chi connectivity index (χ0n) is 9.99. The molecular weight excluding hydrogens is 236 g/mol. The molecule has 94 valence electrons. The lowest BCUT2D eigenvalue weighted by molar-refractivity contribution is -0.385. The zero-order valence-corrected chi connectivity index (χ0v) is 9.99. The molecule has 0 radical (unpaired) electrons. The molecule has 0 saturated carbocycles. The van der Waals surface area contributed by atoms with Gasteiger partial charge in [0.25, 0.3) is 0 Å². The lowest BCUT2D eigenvalue weighted by Gasteiger charge is -2.03. The number of nitro groups is 1. The molecule has 0 atom stereocenters. The molecule has 2 N–H and O–H groups in total. The second-order valence-electron chi connectivity index (χ2n) is 3.71. The first kappa shape index (κ1) is 12.0. The molecule has 8 nitrogen and oxygen atoms in total. The topological polar surface area (TPSA) is 113 Å². The van der Waals surface area contributed by atoms with Crippen LogP contribution in [0.1, 0.15) is 12.6 Å². The molecule has 0 bridgehead atoms. The summed E-state index contributed by atoms with van der Waals surface area (Å²) in [5, 5.41) is 15.1. The lowest BCUT2D eigenvalue weighted by atomic mass is 10.2. The van der Waals surface area contributed by atoms with Gasteiger partial charge in [-0.15, -0.1) is 0 Å². The number of anilines is 1. The van der Waals surface area contributed by atoms with E-state index >= 15 is 0 Å². The summed E-state index contributed by atoms with van der Waals surface area (Å²) >= 11 is 0. The number of nitrogens with zero attached hydrogens (tertiary/aromatic N) is 5. The Labute approximate surface area is 103 Å². The van der Waals surface area contributed by atoms with E-state index in [-0.39, 0.29) is 23.0 Å². The molecule has 2 heterocycles. The summed E-state index contributed by atoms with van der Waals surface area (Å²) < 4.78 is 1.66. The molecule has 0 spiro atoms. The van der Waals surface area contributed by atoms with Gasteiger partial charge in [-0.1, -0.05) is 0 Å². The second-order valence-corrected chi connectivity index (χ2v) is 3.71. The Balaban J connectivity index is 2.65. The molecule has 18 heavy (non-hydrogen) atoms. The van der Waals surface area contributed by atoms with E-state index in [4.69, 9.17) is 5.73 Å². The number of hydrogen-bond donors (Lipinski definition) is 1. The molecule has 0 amide bonds. The van der Waals surface area contributed by atoms with Gasteiger partial charge >= 0.3 is 5.69 Å². The fourth-order valence-electron chi connectivity index (χ4n) is 1.67. The zero-order chi connectivity index (χ0) is 13.3. The maximum atomic E-state index is 11.1. The van der Waals surface area contributed by atoms with Gasteiger partial charge in [-0.25, -0.2) is 9.97 Å². The summed E-state index contributed by atoms with van der Waals surface area (Å²) in [4.78, 5) is 18.3. The van der Waals surface area contributed by atoms with Crippen molar-refractivity contribution in [2.75, 3.05) is 5.73 Å². The first-order valence-electron chi connectivity index (χ1n) is 5.34. The van der Waals surface area contributed by atoms with E-state index in [9.17, 15) is 10.1 Å². The van der Waals surface area contributed by atoms with Crippen LogP contribution in [0, 0.1) is 17.0 Å². The van der Waals surface area contributed by atoms with Crippen LogP contribution in [0.3, 0.4) is 0 Å². The Bertz CT molecular complexity index is 606. The van der Waals surface area contributed by atoms with Crippen molar-refractivity contribution in [3.05, 3.63) is 28.2 Å². The Kier molecular flexibility index (Phi) is 2.92. The van der Waals surface area contributed by atoms with E-state index in [1.807, 2.05) is 6.92 Å². The maximum Gasteiger partial charge on any atom is 0.316 e. The fraction of sp³-hybridized carbons (Fsp3) is 0.300. The van der Waals surface area contributed by atoms with Crippen LogP contribution >= 0.6 is 0 Å². The van der Waals surface area contributed by atoms with Gasteiger partial charge in [-0.05, 0) is 13.8 Å². The van der Waals surface area contributed by atoms with Crippen LogP contribution in [0.4, 0.5) is 11.6 Å². The highest BCUT2D eigenvalue weighted by Gasteiger charge is 2.23.